The van der Waals surface area contributed by atoms with Crippen LogP contribution >= 0.6 is 23.4 Å². The van der Waals surface area contributed by atoms with Gasteiger partial charge in [0.25, 0.3) is 6.19 Å². The Morgan fingerprint density at radius 3 is 2.94 bits per heavy atom. The van der Waals surface area contributed by atoms with E-state index in [9.17, 15) is 0 Å². The summed E-state index contributed by atoms with van der Waals surface area (Å²) in [5.41, 5.74) is 1.04. The third-order valence-corrected chi connectivity index (χ3v) is 2.94. The summed E-state index contributed by atoms with van der Waals surface area (Å²) in [6.07, 6.45) is 5.55. The second-order valence-electron chi connectivity index (χ2n) is 3.09. The summed E-state index contributed by atoms with van der Waals surface area (Å²) in [6, 6.07) is 3.66. The number of hydrogen-bond acceptors (Lipinski definition) is 3. The molecule has 0 spiro atoms. The molecule has 0 atom stereocenters. The molecular weight excluding hydrogens is 244 g/mol. The zero-order chi connectivity index (χ0) is 12.0. The first kappa shape index (κ1) is 12.8. The van der Waals surface area contributed by atoms with Gasteiger partial charge in [-0.1, -0.05) is 17.7 Å². The number of hydrogen-bond donors (Lipinski definition) is 1. The zero-order valence-electron chi connectivity index (χ0n) is 9.07. The van der Waals surface area contributed by atoms with Gasteiger partial charge < -0.3 is 0 Å². The van der Waals surface area contributed by atoms with Gasteiger partial charge in [-0.25, -0.2) is 4.98 Å². The van der Waals surface area contributed by atoms with Crippen molar-refractivity contribution in [2.24, 2.45) is 0 Å². The average Bonchev–Trinajstić information content (AvgIpc) is 2.29. The fourth-order valence-corrected chi connectivity index (χ4v) is 1.83. The second kappa shape index (κ2) is 6.36. The van der Waals surface area contributed by atoms with Crippen LogP contribution < -0.4 is 5.32 Å². The van der Waals surface area contributed by atoms with Crippen molar-refractivity contribution in [3.05, 3.63) is 29.0 Å². The van der Waals surface area contributed by atoms with E-state index in [1.807, 2.05) is 30.1 Å². The van der Waals surface area contributed by atoms with Gasteiger partial charge in [0.1, 0.15) is 11.7 Å². The quantitative estimate of drug-likeness (QED) is 0.218. The molecule has 0 saturated heterocycles. The predicted molar refractivity (Wildman–Crippen MR) is 66.4 cm³/mol. The number of halogens is 1. The number of nitrogens with one attached hydrogen (secondary N) is 1. The SMILES string of the molecule is CSC(NC#N)=[N+](C)Cc1ccc(Cl)nc1. The Bertz CT molecular complexity index is 421. The Morgan fingerprint density at radius 2 is 2.44 bits per heavy atom. The molecule has 16 heavy (non-hydrogen) atoms. The number of aromatic nitrogens is 1. The third kappa shape index (κ3) is 3.72. The van der Waals surface area contributed by atoms with E-state index < -0.39 is 0 Å². The van der Waals surface area contributed by atoms with Crippen LogP contribution in [0.15, 0.2) is 18.3 Å². The van der Waals surface area contributed by atoms with Crippen molar-refractivity contribution in [2.75, 3.05) is 13.3 Å². The second-order valence-corrected chi connectivity index (χ2v) is 4.27. The molecule has 1 heterocycles. The van der Waals surface area contributed by atoms with Gasteiger partial charge in [-0.2, -0.15) is 5.32 Å². The molecule has 0 saturated carbocycles. The molecule has 0 fully saturated rings. The Hall–Kier alpha value is -1.25. The van der Waals surface area contributed by atoms with Crippen molar-refractivity contribution in [3.63, 3.8) is 0 Å². The van der Waals surface area contributed by atoms with Crippen LogP contribution in [0.4, 0.5) is 0 Å². The largest absolute Gasteiger partial charge is 0.320 e. The molecule has 0 aliphatic heterocycles. The minimum Gasteiger partial charge on any atom is -0.254 e. The molecular formula is C10H12ClN4S+. The maximum atomic E-state index is 8.57. The Kier molecular flexibility index (Phi) is 5.09. The fourth-order valence-electron chi connectivity index (χ4n) is 1.20. The van der Waals surface area contributed by atoms with E-state index in [0.717, 1.165) is 10.7 Å². The van der Waals surface area contributed by atoms with Crippen LogP contribution in [-0.4, -0.2) is 28.0 Å². The molecule has 0 aliphatic rings. The van der Waals surface area contributed by atoms with Gasteiger partial charge >= 0.3 is 5.17 Å². The van der Waals surface area contributed by atoms with Crippen LogP contribution in [0.1, 0.15) is 5.56 Å². The molecule has 6 heteroatoms. The van der Waals surface area contributed by atoms with E-state index in [1.54, 1.807) is 12.3 Å². The Balaban J connectivity index is 2.80. The predicted octanol–water partition coefficient (Wildman–Crippen LogP) is 1.67. The maximum absolute atomic E-state index is 8.57. The summed E-state index contributed by atoms with van der Waals surface area (Å²) in [5, 5.41) is 12.5. The van der Waals surface area contributed by atoms with Gasteiger partial charge in [0, 0.05) is 11.8 Å². The molecule has 0 unspecified atom stereocenters. The lowest BCUT2D eigenvalue weighted by atomic mass is 10.3. The molecule has 0 radical (unpaired) electrons. The van der Waals surface area contributed by atoms with Crippen LogP contribution in [-0.2, 0) is 6.54 Å². The Morgan fingerprint density at radius 1 is 1.69 bits per heavy atom. The topological polar surface area (TPSA) is 51.7 Å². The van der Waals surface area contributed by atoms with Crippen LogP contribution in [0.2, 0.25) is 5.15 Å². The fraction of sp³-hybridized carbons (Fsp3) is 0.300. The third-order valence-electron chi connectivity index (χ3n) is 1.91. The molecule has 84 valence electrons. The van der Waals surface area contributed by atoms with Crippen molar-refractivity contribution in [1.29, 1.82) is 5.26 Å². The molecule has 4 nitrogen and oxygen atoms in total. The molecule has 0 amide bonds. The lowest BCUT2D eigenvalue weighted by molar-refractivity contribution is -0.512. The standard InChI is InChI=1S/C10H11ClN4S/c1-15(10(16-2)14-7-12)6-8-3-4-9(11)13-5-8/h3-5H,6H2,1-2H3/p+1. The molecule has 1 aromatic heterocycles. The van der Waals surface area contributed by atoms with E-state index in [-0.39, 0.29) is 0 Å². The van der Waals surface area contributed by atoms with Gasteiger partial charge in [0.2, 0.25) is 0 Å². The highest BCUT2D eigenvalue weighted by Crippen LogP contribution is 2.06. The van der Waals surface area contributed by atoms with E-state index in [4.69, 9.17) is 16.9 Å². The number of nitrogens with zero attached hydrogens (tertiary/aromatic N) is 3. The van der Waals surface area contributed by atoms with Crippen LogP contribution in [0.5, 0.6) is 0 Å². The van der Waals surface area contributed by atoms with Gasteiger partial charge in [0.05, 0.1) is 7.05 Å². The molecule has 1 rings (SSSR count). The minimum absolute atomic E-state index is 0.482. The first-order chi connectivity index (χ1) is 7.67. The molecule has 1 N–H and O–H groups in total. The summed E-state index contributed by atoms with van der Waals surface area (Å²) in [5.74, 6) is 0. The van der Waals surface area contributed by atoms with Crippen molar-refractivity contribution in [1.82, 2.24) is 10.3 Å². The molecule has 1 aromatic rings. The average molecular weight is 256 g/mol. The first-order valence-electron chi connectivity index (χ1n) is 4.55. The normalized spacial score (nSPS) is 11.6. The van der Waals surface area contributed by atoms with Crippen LogP contribution in [0.3, 0.4) is 0 Å². The molecule has 0 aliphatic carbocycles. The van der Waals surface area contributed by atoms with Gasteiger partial charge in [-0.15, -0.1) is 5.26 Å². The van der Waals surface area contributed by atoms with Crippen LogP contribution in [0.25, 0.3) is 0 Å². The van der Waals surface area contributed by atoms with Crippen molar-refractivity contribution < 1.29 is 4.58 Å². The highest BCUT2D eigenvalue weighted by molar-refractivity contribution is 8.13. The summed E-state index contributed by atoms with van der Waals surface area (Å²) < 4.78 is 1.94. The molecule has 0 aromatic carbocycles. The number of thioether (sulfide) groups is 1. The number of pyridine rings is 1. The minimum atomic E-state index is 0.482. The monoisotopic (exact) mass is 255 g/mol. The van der Waals surface area contributed by atoms with Crippen LogP contribution in [0, 0.1) is 11.5 Å². The van der Waals surface area contributed by atoms with E-state index in [0.29, 0.717) is 11.7 Å². The van der Waals surface area contributed by atoms with Crippen molar-refractivity contribution in [2.45, 2.75) is 6.54 Å². The lowest BCUT2D eigenvalue weighted by Gasteiger charge is -2.04. The van der Waals surface area contributed by atoms with E-state index in [2.05, 4.69) is 10.3 Å². The van der Waals surface area contributed by atoms with Gasteiger partial charge in [-0.3, -0.25) is 4.58 Å². The lowest BCUT2D eigenvalue weighted by Crippen LogP contribution is -2.25. The highest BCUT2D eigenvalue weighted by Gasteiger charge is 2.08. The number of rotatable bonds is 2. The van der Waals surface area contributed by atoms with Crippen molar-refractivity contribution >= 4 is 28.5 Å². The summed E-state index contributed by atoms with van der Waals surface area (Å²) in [6.45, 7) is 0.676. The molecule has 0 bridgehead atoms. The first-order valence-corrected chi connectivity index (χ1v) is 6.15. The Labute approximate surface area is 104 Å². The number of amidine groups is 1. The highest BCUT2D eigenvalue weighted by atomic mass is 35.5. The van der Waals surface area contributed by atoms with E-state index >= 15 is 0 Å². The summed E-state index contributed by atoms with van der Waals surface area (Å²) >= 11 is 7.19. The van der Waals surface area contributed by atoms with Gasteiger partial charge in [-0.05, 0) is 24.1 Å². The number of nitriles is 1. The smallest absolute Gasteiger partial charge is 0.254 e. The summed E-state index contributed by atoms with van der Waals surface area (Å²) in [4.78, 5) is 4.00. The maximum Gasteiger partial charge on any atom is 0.320 e. The zero-order valence-corrected chi connectivity index (χ0v) is 10.6. The van der Waals surface area contributed by atoms with E-state index in [1.165, 1.54) is 11.8 Å². The van der Waals surface area contributed by atoms with Gasteiger partial charge in [0.15, 0.2) is 0 Å². The summed E-state index contributed by atoms with van der Waals surface area (Å²) in [7, 11) is 1.91. The van der Waals surface area contributed by atoms with Crippen molar-refractivity contribution in [3.8, 4) is 6.19 Å².